The summed E-state index contributed by atoms with van der Waals surface area (Å²) >= 11 is 0. The number of ether oxygens (including phenoxy) is 1. The highest BCUT2D eigenvalue weighted by Crippen LogP contribution is 2.25. The topological polar surface area (TPSA) is 102 Å². The Morgan fingerprint density at radius 1 is 1.13 bits per heavy atom. The lowest BCUT2D eigenvalue weighted by atomic mass is 10.0. The second-order valence-electron chi connectivity index (χ2n) is 7.59. The number of aromatic nitrogens is 2. The molecule has 1 aromatic heterocycles. The lowest BCUT2D eigenvalue weighted by molar-refractivity contribution is -0.132. The van der Waals surface area contributed by atoms with Crippen LogP contribution in [-0.2, 0) is 29.5 Å². The summed E-state index contributed by atoms with van der Waals surface area (Å²) in [6, 6.07) is 6.73. The highest BCUT2D eigenvalue weighted by atomic mass is 16.5. The highest BCUT2D eigenvalue weighted by Gasteiger charge is 2.35. The van der Waals surface area contributed by atoms with Crippen LogP contribution in [0, 0.1) is 0 Å². The number of fused-ring (bicyclic) bond motifs is 2. The van der Waals surface area contributed by atoms with Gasteiger partial charge in [-0.3, -0.25) is 24.0 Å². The van der Waals surface area contributed by atoms with Crippen LogP contribution in [0.2, 0.25) is 0 Å². The molecule has 0 bridgehead atoms. The van der Waals surface area contributed by atoms with Crippen molar-refractivity contribution < 1.29 is 23.9 Å². The van der Waals surface area contributed by atoms with Crippen molar-refractivity contribution in [1.29, 1.82) is 0 Å². The molecule has 2 aliphatic heterocycles. The van der Waals surface area contributed by atoms with Crippen molar-refractivity contribution in [3.8, 4) is 0 Å². The molecule has 0 radical (unpaired) electrons. The number of hydrogen-bond donors (Lipinski definition) is 0. The maximum absolute atomic E-state index is 12.8. The maximum atomic E-state index is 12.8. The summed E-state index contributed by atoms with van der Waals surface area (Å²) in [5, 5.41) is 4.28. The molecule has 1 aromatic carbocycles. The van der Waals surface area contributed by atoms with Gasteiger partial charge in [-0.2, -0.15) is 5.10 Å². The van der Waals surface area contributed by atoms with E-state index in [4.69, 9.17) is 4.74 Å². The Morgan fingerprint density at radius 3 is 2.45 bits per heavy atom. The van der Waals surface area contributed by atoms with E-state index in [1.807, 2.05) is 0 Å². The average Bonchev–Trinajstić information content (AvgIpc) is 3.23. The first-order valence-electron chi connectivity index (χ1n) is 10.4. The van der Waals surface area contributed by atoms with Gasteiger partial charge >= 0.3 is 5.97 Å². The number of benzene rings is 1. The largest absolute Gasteiger partial charge is 0.461 e. The van der Waals surface area contributed by atoms with E-state index >= 15 is 0 Å². The maximum Gasteiger partial charge on any atom is 0.359 e. The lowest BCUT2D eigenvalue weighted by Gasteiger charge is -2.28. The summed E-state index contributed by atoms with van der Waals surface area (Å²) in [5.41, 5.74) is 2.72. The monoisotopic (exact) mass is 424 g/mol. The third-order valence-corrected chi connectivity index (χ3v) is 5.71. The van der Waals surface area contributed by atoms with Crippen LogP contribution in [0.3, 0.4) is 0 Å². The molecule has 3 heterocycles. The number of esters is 1. The minimum atomic E-state index is -0.487. The molecule has 0 saturated carbocycles. The molecule has 2 aromatic rings. The van der Waals surface area contributed by atoms with Crippen LogP contribution >= 0.6 is 0 Å². The van der Waals surface area contributed by atoms with Gasteiger partial charge in [-0.15, -0.1) is 0 Å². The Morgan fingerprint density at radius 2 is 1.81 bits per heavy atom. The van der Waals surface area contributed by atoms with E-state index in [1.54, 1.807) is 47.8 Å². The number of carbonyl (C=O) groups is 4. The minimum Gasteiger partial charge on any atom is -0.461 e. The van der Waals surface area contributed by atoms with E-state index < -0.39 is 5.97 Å². The van der Waals surface area contributed by atoms with Gasteiger partial charge in [0.2, 0.25) is 5.91 Å². The molecule has 0 N–H and O–H groups in total. The van der Waals surface area contributed by atoms with Crippen molar-refractivity contribution in [3.63, 3.8) is 0 Å². The summed E-state index contributed by atoms with van der Waals surface area (Å²) in [7, 11) is 1.78. The van der Waals surface area contributed by atoms with Gasteiger partial charge < -0.3 is 9.64 Å². The first kappa shape index (κ1) is 20.8. The summed E-state index contributed by atoms with van der Waals surface area (Å²) < 4.78 is 6.76. The number of rotatable bonds is 6. The van der Waals surface area contributed by atoms with E-state index in [2.05, 4.69) is 5.10 Å². The van der Waals surface area contributed by atoms with Gasteiger partial charge in [0.15, 0.2) is 5.69 Å². The van der Waals surface area contributed by atoms with Crippen LogP contribution in [0.25, 0.3) is 0 Å². The minimum absolute atomic E-state index is 0.0825. The third kappa shape index (κ3) is 3.71. The summed E-state index contributed by atoms with van der Waals surface area (Å²) in [6.07, 6.45) is 1.19. The number of amides is 3. The van der Waals surface area contributed by atoms with Crippen LogP contribution in [0.5, 0.6) is 0 Å². The molecule has 9 heteroatoms. The van der Waals surface area contributed by atoms with E-state index in [0.29, 0.717) is 37.1 Å². The van der Waals surface area contributed by atoms with Crippen LogP contribution < -0.4 is 0 Å². The van der Waals surface area contributed by atoms with Crippen LogP contribution in [0.15, 0.2) is 24.3 Å². The first-order valence-corrected chi connectivity index (χ1v) is 10.4. The SMILES string of the molecule is CCOC(=O)c1nn(C)c2c1CN(C(=O)CCCN1C(=O)c3ccccc3C1=O)CC2. The predicted molar refractivity (Wildman–Crippen MR) is 109 cm³/mol. The Labute approximate surface area is 179 Å². The third-order valence-electron chi connectivity index (χ3n) is 5.71. The summed E-state index contributed by atoms with van der Waals surface area (Å²) in [4.78, 5) is 52.7. The second-order valence-corrected chi connectivity index (χ2v) is 7.59. The Kier molecular flexibility index (Phi) is 5.58. The van der Waals surface area contributed by atoms with Crippen molar-refractivity contribution in [3.05, 3.63) is 52.3 Å². The zero-order chi connectivity index (χ0) is 22.1. The molecule has 0 atom stereocenters. The van der Waals surface area contributed by atoms with Gasteiger partial charge in [-0.25, -0.2) is 4.79 Å². The van der Waals surface area contributed by atoms with Gasteiger partial charge in [0, 0.05) is 50.8 Å². The van der Waals surface area contributed by atoms with Gasteiger partial charge in [-0.05, 0) is 25.5 Å². The fourth-order valence-corrected chi connectivity index (χ4v) is 4.16. The zero-order valence-corrected chi connectivity index (χ0v) is 17.6. The molecule has 162 valence electrons. The van der Waals surface area contributed by atoms with Crippen molar-refractivity contribution in [2.75, 3.05) is 19.7 Å². The van der Waals surface area contributed by atoms with Crippen molar-refractivity contribution in [2.45, 2.75) is 32.7 Å². The molecule has 0 fully saturated rings. The fourth-order valence-electron chi connectivity index (χ4n) is 4.16. The molecule has 9 nitrogen and oxygen atoms in total. The van der Waals surface area contributed by atoms with Crippen LogP contribution in [0.4, 0.5) is 0 Å². The Hall–Kier alpha value is -3.49. The van der Waals surface area contributed by atoms with Crippen molar-refractivity contribution >= 4 is 23.7 Å². The molecule has 0 unspecified atom stereocenters. The Bertz CT molecular complexity index is 1040. The molecule has 31 heavy (non-hydrogen) atoms. The lowest BCUT2D eigenvalue weighted by Crippen LogP contribution is -2.37. The van der Waals surface area contributed by atoms with Crippen LogP contribution in [0.1, 0.15) is 62.2 Å². The standard InChI is InChI=1S/C22H24N4O5/c1-3-31-22(30)19-16-13-25(12-10-17(16)24(2)23-19)18(27)9-6-11-26-20(28)14-7-4-5-8-15(14)21(26)29/h4-5,7-8H,3,6,9-13H2,1-2H3. The number of nitrogens with zero attached hydrogens (tertiary/aromatic N) is 4. The second kappa shape index (κ2) is 8.33. The smallest absolute Gasteiger partial charge is 0.359 e. The van der Waals surface area contributed by atoms with Crippen molar-refractivity contribution in [1.82, 2.24) is 19.6 Å². The Balaban J connectivity index is 1.36. The number of imide groups is 1. The molecule has 4 rings (SSSR count). The molecular weight excluding hydrogens is 400 g/mol. The molecule has 0 aliphatic carbocycles. The zero-order valence-electron chi connectivity index (χ0n) is 17.6. The summed E-state index contributed by atoms with van der Waals surface area (Å²) in [6.45, 7) is 3.00. The van der Waals surface area contributed by atoms with E-state index in [-0.39, 0.29) is 43.0 Å². The van der Waals surface area contributed by atoms with Gasteiger partial charge in [-0.1, -0.05) is 12.1 Å². The van der Waals surface area contributed by atoms with Gasteiger partial charge in [0.25, 0.3) is 11.8 Å². The quantitative estimate of drug-likeness (QED) is 0.515. The van der Waals surface area contributed by atoms with E-state index in [0.717, 1.165) is 11.3 Å². The first-order chi connectivity index (χ1) is 14.9. The summed E-state index contributed by atoms with van der Waals surface area (Å²) in [5.74, 6) is -1.20. The van der Waals surface area contributed by atoms with Crippen molar-refractivity contribution in [2.24, 2.45) is 7.05 Å². The van der Waals surface area contributed by atoms with Crippen LogP contribution in [-0.4, -0.2) is 63.0 Å². The fraction of sp³-hybridized carbons (Fsp3) is 0.409. The highest BCUT2D eigenvalue weighted by molar-refractivity contribution is 6.21. The molecule has 2 aliphatic rings. The molecular formula is C22H24N4O5. The average molecular weight is 424 g/mol. The predicted octanol–water partition coefficient (Wildman–Crippen LogP) is 1.56. The molecule has 0 spiro atoms. The molecule has 0 saturated heterocycles. The van der Waals surface area contributed by atoms with E-state index in [9.17, 15) is 19.2 Å². The van der Waals surface area contributed by atoms with E-state index in [1.165, 1.54) is 4.90 Å². The number of hydrogen-bond acceptors (Lipinski definition) is 6. The normalized spacial score (nSPS) is 15.2. The molecule has 3 amide bonds. The van der Waals surface area contributed by atoms with Gasteiger partial charge in [0.1, 0.15) is 0 Å². The number of carbonyl (C=O) groups excluding carboxylic acids is 4. The van der Waals surface area contributed by atoms with Gasteiger partial charge in [0.05, 0.1) is 17.7 Å². The number of aryl methyl sites for hydroxylation is 1.